The third-order valence-corrected chi connectivity index (χ3v) is 3.04. The number of amides is 2. The van der Waals surface area contributed by atoms with Gasteiger partial charge in [-0.1, -0.05) is 6.58 Å². The van der Waals surface area contributed by atoms with Gasteiger partial charge in [0.15, 0.2) is 0 Å². The molecule has 4 N–H and O–H groups in total. The van der Waals surface area contributed by atoms with E-state index in [0.717, 1.165) is 0 Å². The second-order valence-corrected chi connectivity index (χ2v) is 4.24. The number of nitrogens with one attached hydrogen (secondary N) is 1. The van der Waals surface area contributed by atoms with Gasteiger partial charge in [-0.2, -0.15) is 0 Å². The van der Waals surface area contributed by atoms with Gasteiger partial charge in [0.2, 0.25) is 0 Å². The second kappa shape index (κ2) is 5.07. The van der Waals surface area contributed by atoms with Crippen molar-refractivity contribution in [1.29, 1.82) is 0 Å². The van der Waals surface area contributed by atoms with E-state index in [1.54, 1.807) is 0 Å². The van der Waals surface area contributed by atoms with E-state index in [1.807, 2.05) is 0 Å². The number of hydrogen-bond donors (Lipinski definition) is 4. The molecule has 0 spiro atoms. The lowest BCUT2D eigenvalue weighted by Gasteiger charge is -2.30. The SMILES string of the molecule is C=C1NC(=O)N([C@H]2CC(O)[C@@H](CO)O2)C=C1CO. The van der Waals surface area contributed by atoms with Crippen LogP contribution in [0.5, 0.6) is 0 Å². The highest BCUT2D eigenvalue weighted by Gasteiger charge is 2.39. The standard InChI is InChI=1S/C11H16N2O5/c1-6-7(4-14)3-13(11(17)12-6)10-2-8(16)9(5-15)18-10/h3,8-10,14-16H,1-2,4-5H2,(H,12,17)/t8?,9-,10-/m1/s1. The third kappa shape index (κ3) is 2.25. The van der Waals surface area contributed by atoms with E-state index < -0.39 is 24.5 Å². The monoisotopic (exact) mass is 256 g/mol. The highest BCUT2D eigenvalue weighted by Crippen LogP contribution is 2.26. The van der Waals surface area contributed by atoms with Crippen molar-refractivity contribution in [1.82, 2.24) is 10.2 Å². The highest BCUT2D eigenvalue weighted by atomic mass is 16.5. The summed E-state index contributed by atoms with van der Waals surface area (Å²) in [4.78, 5) is 13.0. The topological polar surface area (TPSA) is 102 Å². The number of nitrogens with zero attached hydrogens (tertiary/aromatic N) is 1. The van der Waals surface area contributed by atoms with E-state index in [4.69, 9.17) is 14.9 Å². The summed E-state index contributed by atoms with van der Waals surface area (Å²) in [5.74, 6) is 0. The number of carbonyl (C=O) groups excluding carboxylic acids is 1. The van der Waals surface area contributed by atoms with Crippen molar-refractivity contribution in [3.05, 3.63) is 24.0 Å². The molecule has 7 heteroatoms. The number of carbonyl (C=O) groups is 1. The molecule has 0 aromatic carbocycles. The zero-order valence-electron chi connectivity index (χ0n) is 9.74. The molecule has 2 heterocycles. The van der Waals surface area contributed by atoms with Crippen LogP contribution in [-0.4, -0.2) is 57.9 Å². The van der Waals surface area contributed by atoms with Gasteiger partial charge in [-0.25, -0.2) is 4.79 Å². The first-order valence-electron chi connectivity index (χ1n) is 5.61. The molecule has 0 aromatic heterocycles. The smallest absolute Gasteiger partial charge is 0.327 e. The summed E-state index contributed by atoms with van der Waals surface area (Å²) < 4.78 is 5.37. The van der Waals surface area contributed by atoms with Gasteiger partial charge in [0.25, 0.3) is 0 Å². The second-order valence-electron chi connectivity index (χ2n) is 4.24. The minimum atomic E-state index is -0.816. The van der Waals surface area contributed by atoms with Crippen molar-refractivity contribution in [2.45, 2.75) is 24.9 Å². The Hall–Kier alpha value is -1.41. The van der Waals surface area contributed by atoms with Gasteiger partial charge < -0.3 is 25.4 Å². The minimum absolute atomic E-state index is 0.209. The molecule has 0 aliphatic carbocycles. The molecule has 1 fully saturated rings. The Labute approximate surface area is 104 Å². The summed E-state index contributed by atoms with van der Waals surface area (Å²) in [6.45, 7) is 3.04. The fourth-order valence-electron chi connectivity index (χ4n) is 1.98. The lowest BCUT2D eigenvalue weighted by molar-refractivity contribution is -0.0538. The fraction of sp³-hybridized carbons (Fsp3) is 0.545. The summed E-state index contributed by atoms with van der Waals surface area (Å²) in [6, 6.07) is -0.437. The molecule has 2 aliphatic rings. The molecule has 3 atom stereocenters. The van der Waals surface area contributed by atoms with Crippen molar-refractivity contribution in [3.63, 3.8) is 0 Å². The summed E-state index contributed by atoms with van der Waals surface area (Å²) >= 11 is 0. The van der Waals surface area contributed by atoms with Gasteiger partial charge in [-0.15, -0.1) is 0 Å². The number of urea groups is 1. The van der Waals surface area contributed by atoms with Gasteiger partial charge in [0.1, 0.15) is 12.3 Å². The van der Waals surface area contributed by atoms with E-state index >= 15 is 0 Å². The predicted molar refractivity (Wildman–Crippen MR) is 61.1 cm³/mol. The Balaban J connectivity index is 2.15. The first-order valence-corrected chi connectivity index (χ1v) is 5.61. The lowest BCUT2D eigenvalue weighted by atomic mass is 10.1. The molecule has 2 aliphatic heterocycles. The summed E-state index contributed by atoms with van der Waals surface area (Å²) in [5.41, 5.74) is 0.816. The Morgan fingerprint density at radius 3 is 2.83 bits per heavy atom. The van der Waals surface area contributed by atoms with Crippen LogP contribution in [-0.2, 0) is 4.74 Å². The van der Waals surface area contributed by atoms with Crippen molar-refractivity contribution in [2.24, 2.45) is 0 Å². The largest absolute Gasteiger partial charge is 0.394 e. The van der Waals surface area contributed by atoms with Crippen LogP contribution < -0.4 is 5.32 Å². The fourth-order valence-corrected chi connectivity index (χ4v) is 1.98. The zero-order chi connectivity index (χ0) is 13.3. The van der Waals surface area contributed by atoms with Crippen LogP contribution in [0.2, 0.25) is 0 Å². The molecule has 1 saturated heterocycles. The Morgan fingerprint density at radius 1 is 1.56 bits per heavy atom. The third-order valence-electron chi connectivity index (χ3n) is 3.04. The molecule has 100 valence electrons. The average Bonchev–Trinajstić information content (AvgIpc) is 2.70. The summed E-state index contributed by atoms with van der Waals surface area (Å²) in [7, 11) is 0. The molecule has 18 heavy (non-hydrogen) atoms. The Morgan fingerprint density at radius 2 is 2.28 bits per heavy atom. The first-order chi connectivity index (χ1) is 8.56. The van der Waals surface area contributed by atoms with E-state index in [0.29, 0.717) is 11.3 Å². The number of rotatable bonds is 3. The lowest BCUT2D eigenvalue weighted by Crippen LogP contribution is -2.46. The van der Waals surface area contributed by atoms with E-state index in [1.165, 1.54) is 11.1 Å². The molecular weight excluding hydrogens is 240 g/mol. The normalized spacial score (nSPS) is 32.5. The number of aliphatic hydroxyl groups is 3. The molecule has 7 nitrogen and oxygen atoms in total. The van der Waals surface area contributed by atoms with Gasteiger partial charge in [0, 0.05) is 23.9 Å². The van der Waals surface area contributed by atoms with Gasteiger partial charge >= 0.3 is 6.03 Å². The van der Waals surface area contributed by atoms with Gasteiger partial charge in [-0.3, -0.25) is 4.90 Å². The molecule has 1 unspecified atom stereocenters. The maximum Gasteiger partial charge on any atom is 0.327 e. The average molecular weight is 256 g/mol. The van der Waals surface area contributed by atoms with Gasteiger partial charge in [0.05, 0.1) is 19.3 Å². The van der Waals surface area contributed by atoms with Crippen molar-refractivity contribution in [2.75, 3.05) is 13.2 Å². The van der Waals surface area contributed by atoms with Crippen LogP contribution in [0.3, 0.4) is 0 Å². The van der Waals surface area contributed by atoms with Crippen LogP contribution in [0.1, 0.15) is 6.42 Å². The molecule has 0 aromatic rings. The molecule has 2 amide bonds. The number of aliphatic hydroxyl groups excluding tert-OH is 3. The Bertz CT molecular complexity index is 395. The molecule has 2 rings (SSSR count). The maximum absolute atomic E-state index is 11.8. The summed E-state index contributed by atoms with van der Waals surface area (Å²) in [6.07, 6.45) is -0.520. The zero-order valence-corrected chi connectivity index (χ0v) is 9.74. The Kier molecular flexibility index (Phi) is 3.67. The number of hydrogen-bond acceptors (Lipinski definition) is 5. The maximum atomic E-state index is 11.8. The predicted octanol–water partition coefficient (Wildman–Crippen LogP) is -1.13. The van der Waals surface area contributed by atoms with Gasteiger partial charge in [-0.05, 0) is 0 Å². The minimum Gasteiger partial charge on any atom is -0.394 e. The van der Waals surface area contributed by atoms with E-state index in [2.05, 4.69) is 11.9 Å². The highest BCUT2D eigenvalue weighted by molar-refractivity contribution is 5.80. The molecule has 0 saturated carbocycles. The van der Waals surface area contributed by atoms with Crippen molar-refractivity contribution in [3.8, 4) is 0 Å². The van der Waals surface area contributed by atoms with Crippen molar-refractivity contribution >= 4 is 6.03 Å². The molecular formula is C11H16N2O5. The van der Waals surface area contributed by atoms with Crippen LogP contribution in [0.4, 0.5) is 4.79 Å². The van der Waals surface area contributed by atoms with Crippen LogP contribution in [0.15, 0.2) is 24.0 Å². The quantitative estimate of drug-likeness (QED) is 0.512. The first kappa shape index (κ1) is 13.0. The van der Waals surface area contributed by atoms with Crippen LogP contribution in [0.25, 0.3) is 0 Å². The van der Waals surface area contributed by atoms with Crippen LogP contribution in [0, 0.1) is 0 Å². The van der Waals surface area contributed by atoms with Crippen LogP contribution >= 0.6 is 0 Å². The summed E-state index contributed by atoms with van der Waals surface area (Å²) in [5, 5.41) is 30.2. The molecule has 0 bridgehead atoms. The molecule has 0 radical (unpaired) electrons. The van der Waals surface area contributed by atoms with E-state index in [9.17, 15) is 9.90 Å². The number of ether oxygens (including phenoxy) is 1. The van der Waals surface area contributed by atoms with E-state index in [-0.39, 0.29) is 19.6 Å². The van der Waals surface area contributed by atoms with Crippen molar-refractivity contribution < 1.29 is 24.9 Å².